The summed E-state index contributed by atoms with van der Waals surface area (Å²) in [6, 6.07) is 7.28. The van der Waals surface area contributed by atoms with Crippen LogP contribution in [0.15, 0.2) is 35.2 Å². The Morgan fingerprint density at radius 1 is 1.31 bits per heavy atom. The first-order valence-corrected chi connectivity index (χ1v) is 10.2. The number of benzene rings is 1. The molecular formula is C17H20N2O5S2. The van der Waals surface area contributed by atoms with Gasteiger partial charge < -0.3 is 10.1 Å². The lowest BCUT2D eigenvalue weighted by atomic mass is 10.2. The highest BCUT2D eigenvalue weighted by Crippen LogP contribution is 2.23. The van der Waals surface area contributed by atoms with Crippen molar-refractivity contribution in [1.29, 1.82) is 0 Å². The summed E-state index contributed by atoms with van der Waals surface area (Å²) in [6.07, 6.45) is -0.236. The fourth-order valence-electron chi connectivity index (χ4n) is 2.24. The first kappa shape index (κ1) is 20.1. The van der Waals surface area contributed by atoms with E-state index in [2.05, 4.69) is 5.32 Å². The Balaban J connectivity index is 2.04. The number of esters is 1. The molecule has 0 fully saturated rings. The average molecular weight is 396 g/mol. The van der Waals surface area contributed by atoms with Crippen molar-refractivity contribution >= 4 is 38.9 Å². The van der Waals surface area contributed by atoms with Crippen LogP contribution >= 0.6 is 11.3 Å². The molecule has 0 aliphatic heterocycles. The Hall–Kier alpha value is -2.23. The van der Waals surface area contributed by atoms with Crippen molar-refractivity contribution in [3.8, 4) is 0 Å². The molecule has 0 aliphatic carbocycles. The molecule has 0 aliphatic rings. The van der Waals surface area contributed by atoms with Crippen molar-refractivity contribution in [2.24, 2.45) is 5.14 Å². The maximum Gasteiger partial charge on any atom is 0.349 e. The van der Waals surface area contributed by atoms with Crippen LogP contribution in [0.2, 0.25) is 0 Å². The maximum absolute atomic E-state index is 12.2. The predicted octanol–water partition coefficient (Wildman–Crippen LogP) is 2.45. The highest BCUT2D eigenvalue weighted by molar-refractivity contribution is 7.89. The summed E-state index contributed by atoms with van der Waals surface area (Å²) in [6.45, 7) is 5.36. The van der Waals surface area contributed by atoms with Crippen LogP contribution in [0.3, 0.4) is 0 Å². The number of nitrogens with one attached hydrogen (secondary N) is 1. The van der Waals surface area contributed by atoms with Gasteiger partial charge in [-0.3, -0.25) is 4.79 Å². The van der Waals surface area contributed by atoms with E-state index < -0.39 is 28.0 Å². The number of rotatable bonds is 6. The molecule has 0 saturated carbocycles. The fraction of sp³-hybridized carbons (Fsp3) is 0.294. The highest BCUT2D eigenvalue weighted by atomic mass is 32.2. The molecule has 0 bridgehead atoms. The highest BCUT2D eigenvalue weighted by Gasteiger charge is 2.21. The van der Waals surface area contributed by atoms with Gasteiger partial charge in [-0.2, -0.15) is 0 Å². The third-order valence-electron chi connectivity index (χ3n) is 3.69. The second kappa shape index (κ2) is 7.98. The van der Waals surface area contributed by atoms with E-state index in [0.717, 1.165) is 16.9 Å². The van der Waals surface area contributed by atoms with Crippen molar-refractivity contribution in [2.75, 3.05) is 5.32 Å². The van der Waals surface area contributed by atoms with E-state index in [4.69, 9.17) is 9.88 Å². The minimum atomic E-state index is -3.88. The van der Waals surface area contributed by atoms with Crippen LogP contribution in [0.4, 0.5) is 5.69 Å². The van der Waals surface area contributed by atoms with Gasteiger partial charge in [0.2, 0.25) is 10.0 Å². The predicted molar refractivity (Wildman–Crippen MR) is 99.8 cm³/mol. The number of primary sulfonamides is 1. The number of carbonyl (C=O) groups excluding carboxylic acids is 2. The molecule has 3 N–H and O–H groups in total. The molecule has 0 saturated heterocycles. The number of sulfonamides is 1. The number of anilines is 1. The van der Waals surface area contributed by atoms with Gasteiger partial charge >= 0.3 is 5.97 Å². The van der Waals surface area contributed by atoms with Gasteiger partial charge in [0.1, 0.15) is 4.88 Å². The summed E-state index contributed by atoms with van der Waals surface area (Å²) < 4.78 is 27.9. The largest absolute Gasteiger partial charge is 0.448 e. The minimum absolute atomic E-state index is 0.124. The van der Waals surface area contributed by atoms with E-state index in [9.17, 15) is 18.0 Å². The van der Waals surface area contributed by atoms with Gasteiger partial charge in [0.15, 0.2) is 6.10 Å². The van der Waals surface area contributed by atoms with E-state index in [1.807, 2.05) is 13.8 Å². The Kier molecular flexibility index (Phi) is 6.17. The summed E-state index contributed by atoms with van der Waals surface area (Å²) in [7, 11) is -3.88. The van der Waals surface area contributed by atoms with Gasteiger partial charge in [-0.15, -0.1) is 11.3 Å². The molecule has 2 aromatic rings. The van der Waals surface area contributed by atoms with E-state index >= 15 is 0 Å². The van der Waals surface area contributed by atoms with Crippen LogP contribution in [-0.4, -0.2) is 26.4 Å². The van der Waals surface area contributed by atoms with E-state index in [1.54, 1.807) is 6.07 Å². The van der Waals surface area contributed by atoms with Crippen LogP contribution in [0.25, 0.3) is 0 Å². The zero-order valence-corrected chi connectivity index (χ0v) is 16.2. The molecule has 140 valence electrons. The van der Waals surface area contributed by atoms with Gasteiger partial charge in [0.25, 0.3) is 5.91 Å². The van der Waals surface area contributed by atoms with Gasteiger partial charge in [-0.05, 0) is 50.1 Å². The molecular weight excluding hydrogens is 376 g/mol. The SMILES string of the molecule is CCc1cc(C(=O)OC(C)C(=O)Nc2cccc(S(N)(=O)=O)c2)sc1C. The lowest BCUT2D eigenvalue weighted by Crippen LogP contribution is -2.29. The number of hydrogen-bond donors (Lipinski definition) is 2. The molecule has 1 atom stereocenters. The lowest BCUT2D eigenvalue weighted by molar-refractivity contribution is -0.123. The minimum Gasteiger partial charge on any atom is -0.448 e. The topological polar surface area (TPSA) is 116 Å². The van der Waals surface area contributed by atoms with Crippen molar-refractivity contribution in [3.05, 3.63) is 45.6 Å². The smallest absolute Gasteiger partial charge is 0.349 e. The molecule has 1 unspecified atom stereocenters. The average Bonchev–Trinajstić information content (AvgIpc) is 2.95. The summed E-state index contributed by atoms with van der Waals surface area (Å²) >= 11 is 1.32. The summed E-state index contributed by atoms with van der Waals surface area (Å²) in [5, 5.41) is 7.57. The number of ether oxygens (including phenoxy) is 1. The van der Waals surface area contributed by atoms with Gasteiger partial charge in [-0.1, -0.05) is 13.0 Å². The van der Waals surface area contributed by atoms with E-state index in [1.165, 1.54) is 42.5 Å². The van der Waals surface area contributed by atoms with Gasteiger partial charge in [0.05, 0.1) is 4.90 Å². The Labute approximate surface area is 156 Å². The number of amides is 1. The quantitative estimate of drug-likeness (QED) is 0.728. The molecule has 1 aromatic heterocycles. The van der Waals surface area contributed by atoms with Crippen molar-refractivity contribution in [3.63, 3.8) is 0 Å². The Morgan fingerprint density at radius 3 is 2.58 bits per heavy atom. The molecule has 2 rings (SSSR count). The van der Waals surface area contributed by atoms with Crippen molar-refractivity contribution in [2.45, 2.75) is 38.2 Å². The monoisotopic (exact) mass is 396 g/mol. The zero-order chi connectivity index (χ0) is 19.5. The molecule has 0 radical (unpaired) electrons. The Morgan fingerprint density at radius 2 is 2.00 bits per heavy atom. The number of hydrogen-bond acceptors (Lipinski definition) is 6. The van der Waals surface area contributed by atoms with Crippen LogP contribution in [-0.2, 0) is 26.0 Å². The summed E-state index contributed by atoms with van der Waals surface area (Å²) in [5.74, 6) is -1.15. The summed E-state index contributed by atoms with van der Waals surface area (Å²) in [5.41, 5.74) is 1.31. The Bertz CT molecular complexity index is 934. The van der Waals surface area contributed by atoms with Crippen LogP contribution in [0.5, 0.6) is 0 Å². The number of carbonyl (C=O) groups is 2. The molecule has 9 heteroatoms. The fourth-order valence-corrected chi connectivity index (χ4v) is 3.79. The van der Waals surface area contributed by atoms with Crippen molar-refractivity contribution in [1.82, 2.24) is 0 Å². The van der Waals surface area contributed by atoms with Crippen molar-refractivity contribution < 1.29 is 22.7 Å². The molecule has 7 nitrogen and oxygen atoms in total. The second-order valence-electron chi connectivity index (χ2n) is 5.66. The second-order valence-corrected chi connectivity index (χ2v) is 8.47. The number of aryl methyl sites for hydroxylation is 2. The number of thiophene rings is 1. The third kappa shape index (κ3) is 4.90. The van der Waals surface area contributed by atoms with E-state index in [-0.39, 0.29) is 10.6 Å². The molecule has 1 amide bonds. The third-order valence-corrected chi connectivity index (χ3v) is 5.67. The normalized spacial score (nSPS) is 12.5. The zero-order valence-electron chi connectivity index (χ0n) is 14.6. The van der Waals surface area contributed by atoms with Gasteiger partial charge in [-0.25, -0.2) is 18.4 Å². The lowest BCUT2D eigenvalue weighted by Gasteiger charge is -2.13. The summed E-state index contributed by atoms with van der Waals surface area (Å²) in [4.78, 5) is 25.7. The van der Waals surface area contributed by atoms with E-state index in [0.29, 0.717) is 4.88 Å². The maximum atomic E-state index is 12.2. The van der Waals surface area contributed by atoms with Gasteiger partial charge in [0, 0.05) is 10.6 Å². The molecule has 1 heterocycles. The van der Waals surface area contributed by atoms with Crippen LogP contribution in [0, 0.1) is 6.92 Å². The molecule has 1 aromatic carbocycles. The standard InChI is InChI=1S/C17H20N2O5S2/c1-4-12-8-15(25-11(12)3)17(21)24-10(2)16(20)19-13-6-5-7-14(9-13)26(18,22)23/h5-10H,4H2,1-3H3,(H,19,20)(H2,18,22,23). The first-order valence-electron chi connectivity index (χ1n) is 7.85. The van der Waals surface area contributed by atoms with Crippen LogP contribution < -0.4 is 10.5 Å². The first-order chi connectivity index (χ1) is 12.1. The molecule has 26 heavy (non-hydrogen) atoms. The number of nitrogens with two attached hydrogens (primary N) is 1. The van der Waals surface area contributed by atoms with Crippen LogP contribution in [0.1, 0.15) is 34.0 Å². The molecule has 0 spiro atoms.